The van der Waals surface area contributed by atoms with Crippen LogP contribution in [0.2, 0.25) is 5.02 Å². The molecule has 0 saturated carbocycles. The monoisotopic (exact) mass is 706 g/mol. The molecule has 2 aromatic carbocycles. The minimum atomic E-state index is -3.89. The molecule has 4 N–H and O–H groups in total. The van der Waals surface area contributed by atoms with Gasteiger partial charge >= 0.3 is 0 Å². The largest absolute Gasteiger partial charge is 0.390 e. The molecular formula is C35H45ClF2N4O5S. The quantitative estimate of drug-likeness (QED) is 0.139. The third-order valence-electron chi connectivity index (χ3n) is 7.97. The Labute approximate surface area is 286 Å². The fraction of sp³-hybridized carbons (Fsp3) is 0.457. The average molecular weight is 707 g/mol. The number of hydrogen-bond donors (Lipinski definition) is 4. The van der Waals surface area contributed by atoms with Gasteiger partial charge in [-0.25, -0.2) is 17.2 Å². The minimum Gasteiger partial charge on any atom is -0.390 e. The molecule has 0 fully saturated rings. The summed E-state index contributed by atoms with van der Waals surface area (Å²) in [5.74, 6) is -4.02. The Balaban J connectivity index is 1.89. The molecule has 0 aliphatic carbocycles. The summed E-state index contributed by atoms with van der Waals surface area (Å²) in [6, 6.07) is 9.44. The van der Waals surface area contributed by atoms with Crippen molar-refractivity contribution >= 4 is 33.3 Å². The number of carbonyl (C=O) groups excluding carboxylic acids is 2. The highest BCUT2D eigenvalue weighted by molar-refractivity contribution is 7.92. The van der Waals surface area contributed by atoms with E-state index < -0.39 is 62.5 Å². The number of rotatable bonds is 19. The van der Waals surface area contributed by atoms with Crippen molar-refractivity contribution in [1.82, 2.24) is 20.9 Å². The van der Waals surface area contributed by atoms with Gasteiger partial charge in [0.15, 0.2) is 9.84 Å². The van der Waals surface area contributed by atoms with Crippen LogP contribution in [0.15, 0.2) is 60.9 Å². The second-order valence-corrected chi connectivity index (χ2v) is 14.7. The van der Waals surface area contributed by atoms with Crippen molar-refractivity contribution in [2.45, 2.75) is 89.3 Å². The molecule has 262 valence electrons. The molecule has 3 atom stereocenters. The molecule has 0 spiro atoms. The van der Waals surface area contributed by atoms with E-state index in [1.165, 1.54) is 18.5 Å². The molecule has 1 aromatic heterocycles. The number of nitrogens with one attached hydrogen (secondary N) is 3. The number of nitrogens with zero attached hydrogens (tertiary/aromatic N) is 1. The van der Waals surface area contributed by atoms with E-state index in [-0.39, 0.29) is 29.1 Å². The number of amides is 2. The first-order valence-corrected chi connectivity index (χ1v) is 18.3. The summed E-state index contributed by atoms with van der Waals surface area (Å²) in [6.07, 6.45) is 3.93. The van der Waals surface area contributed by atoms with Crippen LogP contribution in [0, 0.1) is 11.6 Å². The highest BCUT2D eigenvalue weighted by Gasteiger charge is 2.34. The molecule has 9 nitrogen and oxygen atoms in total. The van der Waals surface area contributed by atoms with Crippen LogP contribution < -0.4 is 16.0 Å². The number of halogens is 3. The van der Waals surface area contributed by atoms with Gasteiger partial charge in [0.25, 0.3) is 5.91 Å². The molecule has 13 heteroatoms. The summed E-state index contributed by atoms with van der Waals surface area (Å²) in [5, 5.41) is 19.1. The van der Waals surface area contributed by atoms with E-state index in [1.54, 1.807) is 0 Å². The summed E-state index contributed by atoms with van der Waals surface area (Å²) in [6.45, 7) is 6.16. The maximum atomic E-state index is 14.1. The molecule has 2 amide bonds. The second kappa shape index (κ2) is 18.9. The van der Waals surface area contributed by atoms with Crippen molar-refractivity contribution in [2.24, 2.45) is 0 Å². The molecule has 0 aliphatic heterocycles. The van der Waals surface area contributed by atoms with Crippen LogP contribution in [0.4, 0.5) is 8.78 Å². The van der Waals surface area contributed by atoms with Crippen LogP contribution in [0.25, 0.3) is 0 Å². The van der Waals surface area contributed by atoms with Crippen LogP contribution in [0.3, 0.4) is 0 Å². The number of aromatic nitrogens is 1. The predicted octanol–water partition coefficient (Wildman–Crippen LogP) is 4.94. The minimum absolute atomic E-state index is 0.0135. The van der Waals surface area contributed by atoms with E-state index in [4.69, 9.17) is 11.6 Å². The Morgan fingerprint density at radius 2 is 1.58 bits per heavy atom. The molecule has 1 heterocycles. The van der Waals surface area contributed by atoms with Crippen molar-refractivity contribution in [2.75, 3.05) is 12.3 Å². The number of hydrogen-bond acceptors (Lipinski definition) is 7. The van der Waals surface area contributed by atoms with Crippen molar-refractivity contribution in [3.63, 3.8) is 0 Å². The lowest BCUT2D eigenvalue weighted by molar-refractivity contribution is -0.124. The van der Waals surface area contributed by atoms with Gasteiger partial charge in [-0.15, -0.1) is 0 Å². The molecule has 0 bridgehead atoms. The molecule has 0 saturated heterocycles. The van der Waals surface area contributed by atoms with Crippen molar-refractivity contribution in [1.29, 1.82) is 0 Å². The van der Waals surface area contributed by atoms with Gasteiger partial charge in [-0.05, 0) is 60.6 Å². The first-order chi connectivity index (χ1) is 22.8. The number of carbonyl (C=O) groups is 2. The molecule has 0 radical (unpaired) electrons. The Hall–Kier alpha value is -3.45. The molecular weight excluding hydrogens is 662 g/mol. The predicted molar refractivity (Wildman–Crippen MR) is 183 cm³/mol. The van der Waals surface area contributed by atoms with Crippen molar-refractivity contribution in [3.8, 4) is 0 Å². The van der Waals surface area contributed by atoms with E-state index >= 15 is 0 Å². The fourth-order valence-electron chi connectivity index (χ4n) is 5.49. The highest BCUT2D eigenvalue weighted by Crippen LogP contribution is 2.18. The molecule has 0 unspecified atom stereocenters. The smallest absolute Gasteiger partial charge is 0.253 e. The van der Waals surface area contributed by atoms with Crippen LogP contribution in [-0.4, -0.2) is 66.1 Å². The molecule has 0 aliphatic rings. The second-order valence-electron chi connectivity index (χ2n) is 11.9. The van der Waals surface area contributed by atoms with E-state index in [9.17, 15) is 31.9 Å². The van der Waals surface area contributed by atoms with Crippen molar-refractivity contribution in [3.05, 3.63) is 99.8 Å². The average Bonchev–Trinajstić information content (AvgIpc) is 3.03. The normalized spacial score (nSPS) is 13.6. The van der Waals surface area contributed by atoms with Gasteiger partial charge in [-0.1, -0.05) is 69.5 Å². The zero-order valence-corrected chi connectivity index (χ0v) is 29.1. The lowest BCUT2D eigenvalue weighted by Gasteiger charge is -2.28. The summed E-state index contributed by atoms with van der Waals surface area (Å²) >= 11 is 6.00. The maximum absolute atomic E-state index is 14.1. The van der Waals surface area contributed by atoms with E-state index in [1.807, 2.05) is 45.0 Å². The Morgan fingerprint density at radius 3 is 2.21 bits per heavy atom. The zero-order valence-electron chi connectivity index (χ0n) is 27.5. The summed E-state index contributed by atoms with van der Waals surface area (Å²) in [4.78, 5) is 31.0. The lowest BCUT2D eigenvalue weighted by Crippen LogP contribution is -2.57. The van der Waals surface area contributed by atoms with Gasteiger partial charge in [0.1, 0.15) is 17.7 Å². The topological polar surface area (TPSA) is 137 Å². The molecule has 3 rings (SSSR count). The van der Waals surface area contributed by atoms with Crippen LogP contribution >= 0.6 is 11.6 Å². The highest BCUT2D eigenvalue weighted by atomic mass is 35.5. The zero-order chi connectivity index (χ0) is 35.3. The summed E-state index contributed by atoms with van der Waals surface area (Å²) < 4.78 is 55.4. The maximum Gasteiger partial charge on any atom is 0.253 e. The van der Waals surface area contributed by atoms with E-state index in [2.05, 4.69) is 20.9 Å². The number of sulfone groups is 1. The van der Waals surface area contributed by atoms with Crippen LogP contribution in [-0.2, 0) is 34.0 Å². The van der Waals surface area contributed by atoms with Gasteiger partial charge < -0.3 is 21.1 Å². The number of aliphatic hydroxyl groups is 1. The third kappa shape index (κ3) is 12.2. The van der Waals surface area contributed by atoms with Gasteiger partial charge in [-0.3, -0.25) is 14.6 Å². The summed E-state index contributed by atoms with van der Waals surface area (Å²) in [5.41, 5.74) is 2.30. The van der Waals surface area contributed by atoms with Gasteiger partial charge in [0, 0.05) is 31.5 Å². The van der Waals surface area contributed by atoms with Crippen LogP contribution in [0.1, 0.15) is 73.5 Å². The molecule has 3 aromatic rings. The number of pyridine rings is 1. The Kier molecular flexibility index (Phi) is 15.4. The van der Waals surface area contributed by atoms with Gasteiger partial charge in [-0.2, -0.15) is 0 Å². The van der Waals surface area contributed by atoms with Gasteiger partial charge in [0.05, 0.1) is 33.7 Å². The van der Waals surface area contributed by atoms with E-state index in [0.29, 0.717) is 38.3 Å². The molecule has 48 heavy (non-hydrogen) atoms. The Bertz CT molecular complexity index is 1600. The number of aryl methyl sites for hydroxylation is 1. The fourth-order valence-corrected chi connectivity index (χ4v) is 7.83. The lowest BCUT2D eigenvalue weighted by atomic mass is 10.00. The van der Waals surface area contributed by atoms with E-state index in [0.717, 1.165) is 29.7 Å². The standard InChI is InChI=1S/C35H45ClF2N4O5S/c1-4-8-30(9-5-2)48(46,47)22-32(42-34(44)26-16-27(36)20-40-19-26)35(45)41-31(15-25-13-28(37)17-29(38)14-25)33(43)21-39-18-24-11-7-10-23(6-3)12-24/h7,10-14,16-17,19-20,30-33,39,43H,4-6,8-9,15,18,21-22H2,1-3H3,(H,41,45)(H,42,44)/t31-,32+,33+/m0/s1. The number of aliphatic hydroxyl groups excluding tert-OH is 1. The Morgan fingerprint density at radius 1 is 0.917 bits per heavy atom. The van der Waals surface area contributed by atoms with Crippen molar-refractivity contribution < 1.29 is 31.9 Å². The third-order valence-corrected chi connectivity index (χ3v) is 10.5. The number of benzene rings is 2. The summed E-state index contributed by atoms with van der Waals surface area (Å²) in [7, 11) is -3.89. The van der Waals surface area contributed by atoms with Crippen LogP contribution in [0.5, 0.6) is 0 Å². The first kappa shape index (κ1) is 39.0. The first-order valence-electron chi connectivity index (χ1n) is 16.2. The SMILES string of the molecule is CCCC(CCC)S(=O)(=O)C[C@@H](NC(=O)c1cncc(Cl)c1)C(=O)N[C@@H](Cc1cc(F)cc(F)c1)[C@H](O)CNCc1cccc(CC)c1. The van der Waals surface area contributed by atoms with Gasteiger partial charge in [0.2, 0.25) is 5.91 Å².